The smallest absolute Gasteiger partial charge is 0.257 e. The van der Waals surface area contributed by atoms with Crippen LogP contribution in [0.5, 0.6) is 0 Å². The molecule has 148 valence electrons. The predicted molar refractivity (Wildman–Crippen MR) is 106 cm³/mol. The zero-order valence-corrected chi connectivity index (χ0v) is 16.2. The molecule has 29 heavy (non-hydrogen) atoms. The van der Waals surface area contributed by atoms with Crippen LogP contribution in [0.4, 0.5) is 4.39 Å². The van der Waals surface area contributed by atoms with Gasteiger partial charge in [-0.1, -0.05) is 6.92 Å². The van der Waals surface area contributed by atoms with Crippen molar-refractivity contribution >= 4 is 10.9 Å². The first-order valence-corrected chi connectivity index (χ1v) is 10.2. The largest absolute Gasteiger partial charge is 0.383 e. The average Bonchev–Trinajstić information content (AvgIpc) is 3.08. The Morgan fingerprint density at radius 3 is 2.93 bits per heavy atom. The van der Waals surface area contributed by atoms with Gasteiger partial charge in [-0.3, -0.25) is 4.79 Å². The van der Waals surface area contributed by atoms with Gasteiger partial charge in [-0.15, -0.1) is 0 Å². The van der Waals surface area contributed by atoms with Crippen molar-refractivity contribution in [2.75, 3.05) is 6.61 Å². The quantitative estimate of drug-likeness (QED) is 0.540. The number of rotatable bonds is 1. The van der Waals surface area contributed by atoms with Gasteiger partial charge in [0.1, 0.15) is 11.4 Å². The molecular weight excluding hydrogens is 371 g/mol. The van der Waals surface area contributed by atoms with E-state index in [0.717, 1.165) is 41.5 Å². The van der Waals surface area contributed by atoms with Crippen LogP contribution >= 0.6 is 0 Å². The highest BCUT2D eigenvalue weighted by Gasteiger charge is 2.38. The number of aliphatic hydroxyl groups is 1. The molecule has 0 bridgehead atoms. The van der Waals surface area contributed by atoms with E-state index in [4.69, 9.17) is 9.72 Å². The van der Waals surface area contributed by atoms with Crippen LogP contribution in [0.1, 0.15) is 47.6 Å². The van der Waals surface area contributed by atoms with E-state index >= 15 is 0 Å². The Morgan fingerprint density at radius 1 is 1.24 bits per heavy atom. The number of fused-ring (bicyclic) bond motifs is 5. The molecular formula is C23H21FN2O3. The van der Waals surface area contributed by atoms with Gasteiger partial charge in [0.2, 0.25) is 0 Å². The zero-order valence-electron chi connectivity index (χ0n) is 16.2. The lowest BCUT2D eigenvalue weighted by Crippen LogP contribution is -2.40. The summed E-state index contributed by atoms with van der Waals surface area (Å²) in [6.45, 7) is 2.75. The average molecular weight is 392 g/mol. The number of pyridine rings is 2. The lowest BCUT2D eigenvalue weighted by molar-refractivity contribution is -0.0757. The number of hydrogen-bond donors (Lipinski definition) is 1. The van der Waals surface area contributed by atoms with Gasteiger partial charge >= 0.3 is 0 Å². The second-order valence-corrected chi connectivity index (χ2v) is 8.42. The number of halogens is 1. The third kappa shape index (κ3) is 2.21. The molecule has 4 heterocycles. The minimum absolute atomic E-state index is 0.124. The van der Waals surface area contributed by atoms with Crippen LogP contribution in [-0.2, 0) is 36.3 Å². The fraction of sp³-hybridized carbons (Fsp3) is 0.391. The normalized spacial score (nSPS) is 21.8. The summed E-state index contributed by atoms with van der Waals surface area (Å²) in [5, 5.41) is 12.1. The van der Waals surface area contributed by atoms with Crippen LogP contribution in [0.15, 0.2) is 23.0 Å². The molecule has 1 N–H and O–H groups in total. The molecule has 0 saturated carbocycles. The third-order valence-electron chi connectivity index (χ3n) is 6.85. The second kappa shape index (κ2) is 5.74. The Bertz CT molecular complexity index is 1280. The maximum absolute atomic E-state index is 14.2. The minimum Gasteiger partial charge on any atom is -0.383 e. The highest BCUT2D eigenvalue weighted by atomic mass is 19.1. The van der Waals surface area contributed by atoms with Gasteiger partial charge in [-0.25, -0.2) is 9.37 Å². The van der Waals surface area contributed by atoms with Crippen molar-refractivity contribution in [1.29, 1.82) is 0 Å². The summed E-state index contributed by atoms with van der Waals surface area (Å²) in [6, 6.07) is 5.01. The molecule has 3 aromatic rings. The predicted octanol–water partition coefficient (Wildman–Crippen LogP) is 3.18. The minimum atomic E-state index is -1.17. The van der Waals surface area contributed by atoms with Crippen molar-refractivity contribution in [3.8, 4) is 11.4 Å². The Hall–Kier alpha value is -2.57. The Balaban J connectivity index is 1.68. The summed E-state index contributed by atoms with van der Waals surface area (Å²) in [4.78, 5) is 18.1. The molecule has 0 radical (unpaired) electrons. The molecule has 2 aliphatic heterocycles. The molecule has 6 rings (SSSR count). The van der Waals surface area contributed by atoms with Gasteiger partial charge < -0.3 is 14.4 Å². The fourth-order valence-electron chi connectivity index (χ4n) is 5.32. The number of ether oxygens (including phenoxy) is 1. The Labute approximate surface area is 166 Å². The molecule has 0 fully saturated rings. The van der Waals surface area contributed by atoms with Crippen LogP contribution in [0.3, 0.4) is 0 Å². The number of nitrogens with zero attached hydrogens (tertiary/aromatic N) is 2. The molecule has 0 unspecified atom stereocenters. The molecule has 6 heteroatoms. The zero-order chi connectivity index (χ0) is 19.9. The fourth-order valence-corrected chi connectivity index (χ4v) is 5.32. The third-order valence-corrected chi connectivity index (χ3v) is 6.85. The molecule has 3 aliphatic rings. The van der Waals surface area contributed by atoms with Crippen molar-refractivity contribution < 1.29 is 14.2 Å². The number of benzene rings is 1. The van der Waals surface area contributed by atoms with Gasteiger partial charge in [0.05, 0.1) is 36.7 Å². The van der Waals surface area contributed by atoms with E-state index in [9.17, 15) is 14.3 Å². The molecule has 2 aromatic heterocycles. The van der Waals surface area contributed by atoms with Crippen molar-refractivity contribution in [3.05, 3.63) is 62.2 Å². The van der Waals surface area contributed by atoms with Crippen LogP contribution < -0.4 is 5.56 Å². The highest BCUT2D eigenvalue weighted by molar-refractivity contribution is 5.91. The van der Waals surface area contributed by atoms with E-state index in [1.165, 1.54) is 11.6 Å². The standard InChI is InChI=1S/C23H21FN2O3/c1-2-23(28)11-29-10-16-17(23)8-19-21-15(9-26(19)22(16)27)14-5-3-4-12-6-13(24)7-18(25-21)20(12)14/h6-8,28H,2-5,9-11H2,1H3/t23-/m1/s1. The first-order chi connectivity index (χ1) is 14.0. The summed E-state index contributed by atoms with van der Waals surface area (Å²) in [6.07, 6.45) is 3.18. The van der Waals surface area contributed by atoms with E-state index in [1.54, 1.807) is 10.6 Å². The molecule has 0 saturated heterocycles. The summed E-state index contributed by atoms with van der Waals surface area (Å²) in [5.74, 6) is -0.272. The second-order valence-electron chi connectivity index (χ2n) is 8.42. The summed E-state index contributed by atoms with van der Waals surface area (Å²) in [7, 11) is 0. The molecule has 1 atom stereocenters. The topological polar surface area (TPSA) is 64.3 Å². The van der Waals surface area contributed by atoms with Gasteiger partial charge in [-0.2, -0.15) is 0 Å². The van der Waals surface area contributed by atoms with Crippen molar-refractivity contribution in [3.63, 3.8) is 0 Å². The number of aryl methyl sites for hydroxylation is 2. The van der Waals surface area contributed by atoms with Gasteiger partial charge in [0.15, 0.2) is 0 Å². The van der Waals surface area contributed by atoms with E-state index in [2.05, 4.69) is 0 Å². The molecule has 0 amide bonds. The maximum Gasteiger partial charge on any atom is 0.257 e. The van der Waals surface area contributed by atoms with Gasteiger partial charge in [0.25, 0.3) is 5.56 Å². The number of hydrogen-bond acceptors (Lipinski definition) is 4. The van der Waals surface area contributed by atoms with E-state index in [0.29, 0.717) is 35.3 Å². The van der Waals surface area contributed by atoms with Gasteiger partial charge in [0, 0.05) is 22.6 Å². The monoisotopic (exact) mass is 392 g/mol. The molecule has 0 spiro atoms. The summed E-state index contributed by atoms with van der Waals surface area (Å²) < 4.78 is 21.5. The summed E-state index contributed by atoms with van der Waals surface area (Å²) in [5.41, 5.74) is 5.25. The Kier molecular flexibility index (Phi) is 3.42. The van der Waals surface area contributed by atoms with E-state index in [-0.39, 0.29) is 24.6 Å². The van der Waals surface area contributed by atoms with Crippen molar-refractivity contribution in [2.45, 2.75) is 51.4 Å². The first kappa shape index (κ1) is 17.3. The van der Waals surface area contributed by atoms with Crippen LogP contribution in [-0.4, -0.2) is 21.3 Å². The van der Waals surface area contributed by atoms with Crippen LogP contribution in [0, 0.1) is 5.82 Å². The highest BCUT2D eigenvalue weighted by Crippen LogP contribution is 2.42. The lowest BCUT2D eigenvalue weighted by Gasteiger charge is -2.33. The molecule has 1 aromatic carbocycles. The Morgan fingerprint density at radius 2 is 2.10 bits per heavy atom. The maximum atomic E-state index is 14.2. The summed E-state index contributed by atoms with van der Waals surface area (Å²) >= 11 is 0. The molecule has 1 aliphatic carbocycles. The van der Waals surface area contributed by atoms with E-state index < -0.39 is 5.60 Å². The van der Waals surface area contributed by atoms with Crippen LogP contribution in [0.2, 0.25) is 0 Å². The number of aromatic nitrogens is 2. The van der Waals surface area contributed by atoms with E-state index in [1.807, 2.05) is 13.0 Å². The van der Waals surface area contributed by atoms with Crippen molar-refractivity contribution in [1.82, 2.24) is 9.55 Å². The van der Waals surface area contributed by atoms with Crippen molar-refractivity contribution in [2.24, 2.45) is 0 Å². The SMILES string of the molecule is CC[C@@]1(O)COCc2c1cc1n(c2=O)Cc2c-1nc1cc(F)cc3c1c2CCC3. The molecule has 5 nitrogen and oxygen atoms in total. The lowest BCUT2D eigenvalue weighted by atomic mass is 9.86. The van der Waals surface area contributed by atoms with Crippen LogP contribution in [0.25, 0.3) is 22.3 Å². The first-order valence-electron chi connectivity index (χ1n) is 10.2. The van der Waals surface area contributed by atoms with Gasteiger partial charge in [-0.05, 0) is 54.5 Å².